The maximum Gasteiger partial charge on any atom is 0.325 e. The number of ether oxygens (including phenoxy) is 1. The molecule has 160 valence electrons. The molecule has 1 saturated heterocycles. The molecule has 0 bridgehead atoms. The highest BCUT2D eigenvalue weighted by Gasteiger charge is 2.49. The van der Waals surface area contributed by atoms with Crippen molar-refractivity contribution in [3.63, 3.8) is 0 Å². The molecule has 2 aromatic carbocycles. The molecule has 4 rings (SSSR count). The number of carbonyl (C=O) groups excluding carboxylic acids is 3. The molecule has 4 amide bonds. The van der Waals surface area contributed by atoms with Crippen molar-refractivity contribution in [1.29, 1.82) is 0 Å². The van der Waals surface area contributed by atoms with Gasteiger partial charge in [0.25, 0.3) is 11.8 Å². The number of likely N-dealkylation sites (N-methyl/N-ethyl adjacent to an activating group) is 1. The number of urea groups is 1. The molecule has 2 N–H and O–H groups in total. The van der Waals surface area contributed by atoms with E-state index >= 15 is 0 Å². The van der Waals surface area contributed by atoms with Crippen LogP contribution in [0.1, 0.15) is 11.1 Å². The number of para-hydroxylation sites is 1. The second kappa shape index (κ2) is 8.51. The van der Waals surface area contributed by atoms with E-state index in [2.05, 4.69) is 10.6 Å². The predicted octanol–water partition coefficient (Wildman–Crippen LogP) is 1.63. The summed E-state index contributed by atoms with van der Waals surface area (Å²) in [6, 6.07) is 14.9. The van der Waals surface area contributed by atoms with E-state index in [1.807, 2.05) is 54.6 Å². The fourth-order valence-corrected chi connectivity index (χ4v) is 3.97. The summed E-state index contributed by atoms with van der Waals surface area (Å²) in [6.07, 6.45) is 1.62. The van der Waals surface area contributed by atoms with Crippen molar-refractivity contribution in [2.24, 2.45) is 0 Å². The van der Waals surface area contributed by atoms with E-state index < -0.39 is 18.1 Å². The maximum absolute atomic E-state index is 13.1. The zero-order valence-electron chi connectivity index (χ0n) is 17.4. The average Bonchev–Trinajstić information content (AvgIpc) is 3.12. The molecule has 0 aromatic heterocycles. The normalized spacial score (nSPS) is 20.1. The number of nitrogens with one attached hydrogen (secondary N) is 2. The third-order valence-corrected chi connectivity index (χ3v) is 5.55. The summed E-state index contributed by atoms with van der Waals surface area (Å²) in [7, 11) is 3.30. The summed E-state index contributed by atoms with van der Waals surface area (Å²) >= 11 is 0. The number of hydrogen-bond acceptors (Lipinski definition) is 5. The molecule has 31 heavy (non-hydrogen) atoms. The van der Waals surface area contributed by atoms with E-state index in [4.69, 9.17) is 4.74 Å². The first-order valence-electron chi connectivity index (χ1n) is 9.99. The van der Waals surface area contributed by atoms with E-state index in [9.17, 15) is 14.4 Å². The third-order valence-electron chi connectivity index (χ3n) is 5.55. The molecule has 0 spiro atoms. The number of amides is 4. The lowest BCUT2D eigenvalue weighted by molar-refractivity contribution is -0.135. The van der Waals surface area contributed by atoms with E-state index in [0.29, 0.717) is 11.3 Å². The van der Waals surface area contributed by atoms with Gasteiger partial charge in [0.15, 0.2) is 0 Å². The van der Waals surface area contributed by atoms with E-state index in [-0.39, 0.29) is 24.9 Å². The largest absolute Gasteiger partial charge is 0.496 e. The van der Waals surface area contributed by atoms with Crippen LogP contribution in [0.4, 0.5) is 4.79 Å². The number of nitrogens with zero attached hydrogens (tertiary/aromatic N) is 2. The minimum absolute atomic E-state index is 0.178. The van der Waals surface area contributed by atoms with Gasteiger partial charge < -0.3 is 20.3 Å². The van der Waals surface area contributed by atoms with E-state index in [1.165, 1.54) is 4.90 Å². The monoisotopic (exact) mass is 420 g/mol. The Morgan fingerprint density at radius 2 is 1.81 bits per heavy atom. The van der Waals surface area contributed by atoms with E-state index in [0.717, 1.165) is 11.1 Å². The van der Waals surface area contributed by atoms with Crippen LogP contribution in [-0.2, 0) is 22.7 Å². The highest BCUT2D eigenvalue weighted by molar-refractivity contribution is 6.05. The van der Waals surface area contributed by atoms with Gasteiger partial charge in [-0.25, -0.2) is 4.79 Å². The maximum atomic E-state index is 13.1. The average molecular weight is 420 g/mol. The van der Waals surface area contributed by atoms with Crippen LogP contribution in [0.15, 0.2) is 66.4 Å². The molecule has 1 fully saturated rings. The molecule has 8 heteroatoms. The van der Waals surface area contributed by atoms with Crippen LogP contribution < -0.4 is 15.4 Å². The second-order valence-electron chi connectivity index (χ2n) is 7.53. The fourth-order valence-electron chi connectivity index (χ4n) is 3.97. The number of rotatable bonds is 6. The second-order valence-corrected chi connectivity index (χ2v) is 7.53. The van der Waals surface area contributed by atoms with Gasteiger partial charge in [-0.15, -0.1) is 0 Å². The van der Waals surface area contributed by atoms with Crippen molar-refractivity contribution in [3.05, 3.63) is 77.5 Å². The van der Waals surface area contributed by atoms with Gasteiger partial charge in [-0.05, 0) is 11.6 Å². The fraction of sp³-hybridized carbons (Fsp3) is 0.261. The van der Waals surface area contributed by atoms with Crippen LogP contribution in [-0.4, -0.2) is 53.9 Å². The molecule has 2 aromatic rings. The smallest absolute Gasteiger partial charge is 0.325 e. The van der Waals surface area contributed by atoms with Gasteiger partial charge >= 0.3 is 6.03 Å². The molecule has 2 unspecified atom stereocenters. The van der Waals surface area contributed by atoms with Gasteiger partial charge in [0.2, 0.25) is 0 Å². The van der Waals surface area contributed by atoms with Gasteiger partial charge in [0, 0.05) is 25.4 Å². The highest BCUT2D eigenvalue weighted by atomic mass is 16.5. The number of hydrogen-bond donors (Lipinski definition) is 2. The predicted molar refractivity (Wildman–Crippen MR) is 114 cm³/mol. The lowest BCUT2D eigenvalue weighted by Gasteiger charge is -2.37. The Kier molecular flexibility index (Phi) is 5.62. The topological polar surface area (TPSA) is 91.0 Å². The summed E-state index contributed by atoms with van der Waals surface area (Å²) in [6.45, 7) is 0.446. The number of fused-ring (bicyclic) bond motifs is 1. The van der Waals surface area contributed by atoms with Gasteiger partial charge in [0.1, 0.15) is 11.8 Å². The number of benzene rings is 2. The quantitative estimate of drug-likeness (QED) is 0.741. The molecular weight excluding hydrogens is 396 g/mol. The van der Waals surface area contributed by atoms with Crippen LogP contribution in [0.25, 0.3) is 0 Å². The number of imide groups is 1. The van der Waals surface area contributed by atoms with Crippen molar-refractivity contribution < 1.29 is 19.1 Å². The molecule has 2 aliphatic heterocycles. The molecule has 2 atom stereocenters. The van der Waals surface area contributed by atoms with Crippen molar-refractivity contribution in [1.82, 2.24) is 20.4 Å². The summed E-state index contributed by atoms with van der Waals surface area (Å²) in [5.74, 6) is 0.00893. The van der Waals surface area contributed by atoms with Crippen LogP contribution in [0.2, 0.25) is 0 Å². The van der Waals surface area contributed by atoms with Crippen molar-refractivity contribution in [2.75, 3.05) is 14.2 Å². The standard InChI is InChI=1S/C23H24N4O4/c1-26-14-17(21(28)24-12-16-10-6-7-11-18(16)31-2)19-20(26)22(29)27(23(30)25-19)13-15-8-4-3-5-9-15/h3-11,14,19-20H,12-13H2,1-2H3,(H,24,28)(H,25,30). The van der Waals surface area contributed by atoms with Crippen molar-refractivity contribution in [3.8, 4) is 5.75 Å². The minimum Gasteiger partial charge on any atom is -0.496 e. The molecular formula is C23H24N4O4. The van der Waals surface area contributed by atoms with Crippen LogP contribution in [0.3, 0.4) is 0 Å². The summed E-state index contributed by atoms with van der Waals surface area (Å²) in [5.41, 5.74) is 2.04. The van der Waals surface area contributed by atoms with E-state index in [1.54, 1.807) is 25.3 Å². The Hall–Kier alpha value is -3.81. The van der Waals surface area contributed by atoms with Crippen molar-refractivity contribution in [2.45, 2.75) is 25.2 Å². The van der Waals surface area contributed by atoms with Crippen LogP contribution in [0, 0.1) is 0 Å². The summed E-state index contributed by atoms with van der Waals surface area (Å²) in [4.78, 5) is 41.5. The molecule has 0 aliphatic carbocycles. The first-order chi connectivity index (χ1) is 15.0. The highest BCUT2D eigenvalue weighted by Crippen LogP contribution is 2.27. The van der Waals surface area contributed by atoms with Gasteiger partial charge in [-0.1, -0.05) is 48.5 Å². The minimum atomic E-state index is -0.699. The SMILES string of the molecule is COc1ccccc1CNC(=O)C1=CN(C)C2C(=O)N(Cc3ccccc3)C(=O)NC12. The zero-order chi connectivity index (χ0) is 22.0. The lowest BCUT2D eigenvalue weighted by atomic mass is 9.99. The molecule has 0 saturated carbocycles. The van der Waals surface area contributed by atoms with Crippen LogP contribution in [0.5, 0.6) is 5.75 Å². The molecule has 8 nitrogen and oxygen atoms in total. The Labute approximate surface area is 180 Å². The Balaban J connectivity index is 1.46. The Morgan fingerprint density at radius 1 is 1.10 bits per heavy atom. The number of methoxy groups -OCH3 is 1. The lowest BCUT2D eigenvalue weighted by Crippen LogP contribution is -2.64. The van der Waals surface area contributed by atoms with Gasteiger partial charge in [-0.2, -0.15) is 0 Å². The summed E-state index contributed by atoms with van der Waals surface area (Å²) in [5, 5.41) is 5.69. The molecule has 2 heterocycles. The van der Waals surface area contributed by atoms with Crippen LogP contribution >= 0.6 is 0 Å². The first-order valence-corrected chi connectivity index (χ1v) is 9.99. The number of carbonyl (C=O) groups is 3. The first kappa shape index (κ1) is 20.5. The summed E-state index contributed by atoms with van der Waals surface area (Å²) < 4.78 is 5.31. The van der Waals surface area contributed by atoms with Gasteiger partial charge in [0.05, 0.1) is 25.3 Å². The Bertz CT molecular complexity index is 1040. The molecule has 0 radical (unpaired) electrons. The van der Waals surface area contributed by atoms with Gasteiger partial charge in [-0.3, -0.25) is 14.5 Å². The van der Waals surface area contributed by atoms with Crippen molar-refractivity contribution >= 4 is 17.8 Å². The third kappa shape index (κ3) is 3.96. The molecule has 2 aliphatic rings. The Morgan fingerprint density at radius 3 is 2.55 bits per heavy atom. The zero-order valence-corrected chi connectivity index (χ0v) is 17.4.